The van der Waals surface area contributed by atoms with E-state index in [1.807, 2.05) is 0 Å². The molecule has 1 aliphatic carbocycles. The van der Waals surface area contributed by atoms with Crippen LogP contribution in [0.2, 0.25) is 5.82 Å². The third-order valence-electron chi connectivity index (χ3n) is 2.43. The highest BCUT2D eigenvalue weighted by molar-refractivity contribution is 6.43. The van der Waals surface area contributed by atoms with Crippen molar-refractivity contribution in [2.45, 2.75) is 25.1 Å². The summed E-state index contributed by atoms with van der Waals surface area (Å²) >= 11 is 0. The van der Waals surface area contributed by atoms with Gasteiger partial charge in [-0.25, -0.2) is 0 Å². The predicted molar refractivity (Wildman–Crippen MR) is 43.3 cm³/mol. The van der Waals surface area contributed by atoms with E-state index in [-0.39, 0.29) is 17.7 Å². The van der Waals surface area contributed by atoms with Crippen LogP contribution in [0.25, 0.3) is 0 Å². The SMILES string of the molecule is COC(=O)C1CCC(B(O)O)C1. The van der Waals surface area contributed by atoms with Gasteiger partial charge in [0.1, 0.15) is 0 Å². The molecule has 0 aromatic rings. The lowest BCUT2D eigenvalue weighted by Crippen LogP contribution is -2.19. The average molecular weight is 172 g/mol. The molecule has 4 nitrogen and oxygen atoms in total. The van der Waals surface area contributed by atoms with Crippen LogP contribution in [0.1, 0.15) is 19.3 Å². The summed E-state index contributed by atoms with van der Waals surface area (Å²) in [6.45, 7) is 0. The summed E-state index contributed by atoms with van der Waals surface area (Å²) in [6.07, 6.45) is 1.93. The molecule has 0 spiro atoms. The molecule has 1 fully saturated rings. The summed E-state index contributed by atoms with van der Waals surface area (Å²) in [6, 6.07) is 0. The number of carbonyl (C=O) groups is 1. The van der Waals surface area contributed by atoms with Crippen LogP contribution >= 0.6 is 0 Å². The summed E-state index contributed by atoms with van der Waals surface area (Å²) in [5, 5.41) is 17.7. The minimum absolute atomic E-state index is 0.137. The second-order valence-electron chi connectivity index (χ2n) is 3.21. The summed E-state index contributed by atoms with van der Waals surface area (Å²) in [7, 11) is 0.0602. The molecule has 12 heavy (non-hydrogen) atoms. The van der Waals surface area contributed by atoms with E-state index in [2.05, 4.69) is 4.74 Å². The molecule has 0 amide bonds. The second kappa shape index (κ2) is 3.91. The minimum Gasteiger partial charge on any atom is -0.469 e. The molecule has 0 aromatic carbocycles. The van der Waals surface area contributed by atoms with E-state index in [1.54, 1.807) is 0 Å². The van der Waals surface area contributed by atoms with Crippen LogP contribution in [0.3, 0.4) is 0 Å². The maximum absolute atomic E-state index is 11.0. The molecule has 0 aromatic heterocycles. The fourth-order valence-corrected chi connectivity index (χ4v) is 1.67. The topological polar surface area (TPSA) is 66.8 Å². The third kappa shape index (κ3) is 1.98. The van der Waals surface area contributed by atoms with Crippen molar-refractivity contribution >= 4 is 13.1 Å². The fourth-order valence-electron chi connectivity index (χ4n) is 1.67. The first-order chi connectivity index (χ1) is 5.65. The summed E-state index contributed by atoms with van der Waals surface area (Å²) in [5.41, 5.74) is 0. The average Bonchev–Trinajstić information content (AvgIpc) is 2.51. The molecule has 2 N–H and O–H groups in total. The molecule has 1 saturated carbocycles. The highest BCUT2D eigenvalue weighted by Crippen LogP contribution is 2.36. The molecule has 1 aliphatic rings. The van der Waals surface area contributed by atoms with Crippen LogP contribution in [0, 0.1) is 5.92 Å². The Morgan fingerprint density at radius 3 is 2.58 bits per heavy atom. The van der Waals surface area contributed by atoms with Gasteiger partial charge < -0.3 is 14.8 Å². The number of carbonyl (C=O) groups excluding carboxylic acids is 1. The quantitative estimate of drug-likeness (QED) is 0.447. The molecule has 0 bridgehead atoms. The highest BCUT2D eigenvalue weighted by Gasteiger charge is 2.36. The van der Waals surface area contributed by atoms with Crippen molar-refractivity contribution in [1.29, 1.82) is 0 Å². The number of rotatable bonds is 2. The van der Waals surface area contributed by atoms with Gasteiger partial charge in [-0.05, 0) is 18.7 Å². The Hall–Kier alpha value is -0.545. The summed E-state index contributed by atoms with van der Waals surface area (Å²) < 4.78 is 4.56. The van der Waals surface area contributed by atoms with Crippen LogP contribution < -0.4 is 0 Å². The van der Waals surface area contributed by atoms with Gasteiger partial charge in [0.2, 0.25) is 0 Å². The van der Waals surface area contributed by atoms with Crippen LogP contribution in [0.4, 0.5) is 0 Å². The summed E-state index contributed by atoms with van der Waals surface area (Å²) in [5.74, 6) is -0.533. The van der Waals surface area contributed by atoms with Crippen molar-refractivity contribution in [1.82, 2.24) is 0 Å². The van der Waals surface area contributed by atoms with Crippen molar-refractivity contribution in [3.05, 3.63) is 0 Å². The van der Waals surface area contributed by atoms with E-state index in [4.69, 9.17) is 10.0 Å². The van der Waals surface area contributed by atoms with E-state index in [1.165, 1.54) is 7.11 Å². The van der Waals surface area contributed by atoms with Crippen molar-refractivity contribution in [3.8, 4) is 0 Å². The minimum atomic E-state index is -1.29. The lowest BCUT2D eigenvalue weighted by Gasteiger charge is -2.07. The first kappa shape index (κ1) is 9.54. The normalized spacial score (nSPS) is 28.6. The standard InChI is InChI=1S/C7H13BO4/c1-12-7(9)5-2-3-6(4-5)8(10)11/h5-6,10-11H,2-4H2,1H3. The van der Waals surface area contributed by atoms with Crippen molar-refractivity contribution in [2.24, 2.45) is 5.92 Å². The zero-order chi connectivity index (χ0) is 9.14. The first-order valence-electron chi connectivity index (χ1n) is 4.09. The van der Waals surface area contributed by atoms with Gasteiger partial charge in [0.15, 0.2) is 0 Å². The molecule has 0 radical (unpaired) electrons. The predicted octanol–water partition coefficient (Wildman–Crippen LogP) is -0.198. The zero-order valence-electron chi connectivity index (χ0n) is 7.06. The number of hydrogen-bond acceptors (Lipinski definition) is 4. The molecular formula is C7H13BO4. The van der Waals surface area contributed by atoms with E-state index in [0.717, 1.165) is 0 Å². The van der Waals surface area contributed by atoms with E-state index in [0.29, 0.717) is 19.3 Å². The first-order valence-corrected chi connectivity index (χ1v) is 4.09. The Labute approximate surface area is 71.7 Å². The van der Waals surface area contributed by atoms with Crippen molar-refractivity contribution in [3.63, 3.8) is 0 Å². The number of esters is 1. The van der Waals surface area contributed by atoms with Gasteiger partial charge in [0.05, 0.1) is 13.0 Å². The lowest BCUT2D eigenvalue weighted by atomic mass is 9.71. The molecule has 0 saturated heterocycles. The molecular weight excluding hydrogens is 159 g/mol. The van der Waals surface area contributed by atoms with Crippen molar-refractivity contribution < 1.29 is 19.6 Å². The van der Waals surface area contributed by atoms with Gasteiger partial charge in [-0.3, -0.25) is 4.79 Å². The Kier molecular flexibility index (Phi) is 3.11. The van der Waals surface area contributed by atoms with Gasteiger partial charge in [-0.1, -0.05) is 6.42 Å². The number of methoxy groups -OCH3 is 1. The molecule has 68 valence electrons. The van der Waals surface area contributed by atoms with Gasteiger partial charge in [-0.2, -0.15) is 0 Å². The van der Waals surface area contributed by atoms with Gasteiger partial charge in [-0.15, -0.1) is 0 Å². The molecule has 5 heteroatoms. The van der Waals surface area contributed by atoms with Gasteiger partial charge in [0.25, 0.3) is 0 Å². The van der Waals surface area contributed by atoms with Crippen molar-refractivity contribution in [2.75, 3.05) is 7.11 Å². The fraction of sp³-hybridized carbons (Fsp3) is 0.857. The van der Waals surface area contributed by atoms with Gasteiger partial charge in [0, 0.05) is 0 Å². The maximum Gasteiger partial charge on any atom is 0.454 e. The number of ether oxygens (including phenoxy) is 1. The number of hydrogen-bond donors (Lipinski definition) is 2. The largest absolute Gasteiger partial charge is 0.469 e. The highest BCUT2D eigenvalue weighted by atomic mass is 16.5. The monoisotopic (exact) mass is 172 g/mol. The van der Waals surface area contributed by atoms with Crippen LogP contribution in [-0.2, 0) is 9.53 Å². The van der Waals surface area contributed by atoms with Crippen LogP contribution in [0.5, 0.6) is 0 Å². The van der Waals surface area contributed by atoms with Gasteiger partial charge >= 0.3 is 13.1 Å². The molecule has 0 heterocycles. The Bertz CT molecular complexity index is 171. The molecule has 2 atom stereocenters. The van der Waals surface area contributed by atoms with Crippen LogP contribution in [0.15, 0.2) is 0 Å². The van der Waals surface area contributed by atoms with E-state index >= 15 is 0 Å². The Balaban J connectivity index is 2.40. The Morgan fingerprint density at radius 1 is 1.50 bits per heavy atom. The van der Waals surface area contributed by atoms with E-state index in [9.17, 15) is 4.79 Å². The third-order valence-corrected chi connectivity index (χ3v) is 2.43. The lowest BCUT2D eigenvalue weighted by molar-refractivity contribution is -0.145. The smallest absolute Gasteiger partial charge is 0.454 e. The zero-order valence-corrected chi connectivity index (χ0v) is 7.06. The molecule has 2 unspecified atom stereocenters. The maximum atomic E-state index is 11.0. The second-order valence-corrected chi connectivity index (χ2v) is 3.21. The molecule has 0 aliphatic heterocycles. The Morgan fingerprint density at radius 2 is 2.17 bits per heavy atom. The van der Waals surface area contributed by atoms with Crippen LogP contribution in [-0.4, -0.2) is 30.2 Å². The summed E-state index contributed by atoms with van der Waals surface area (Å²) in [4.78, 5) is 11.0. The van der Waals surface area contributed by atoms with E-state index < -0.39 is 7.12 Å². The molecule has 1 rings (SSSR count).